The molecule has 0 bridgehead atoms. The molecule has 0 saturated carbocycles. The molecular formula is C21H23F3N6O. The van der Waals surface area contributed by atoms with E-state index in [0.29, 0.717) is 38.0 Å². The van der Waals surface area contributed by atoms with Crippen molar-refractivity contribution in [3.8, 4) is 0 Å². The van der Waals surface area contributed by atoms with Gasteiger partial charge < -0.3 is 20.7 Å². The molecule has 31 heavy (non-hydrogen) atoms. The lowest BCUT2D eigenvalue weighted by atomic mass is 10.1. The molecular weight excluding hydrogens is 409 g/mol. The van der Waals surface area contributed by atoms with Gasteiger partial charge in [-0.2, -0.15) is 18.2 Å². The molecule has 1 atom stereocenters. The third kappa shape index (κ3) is 4.74. The Hall–Kier alpha value is -3.27. The van der Waals surface area contributed by atoms with E-state index in [0.717, 1.165) is 23.4 Å². The van der Waals surface area contributed by atoms with Crippen LogP contribution in [-0.2, 0) is 10.9 Å². The van der Waals surface area contributed by atoms with E-state index in [4.69, 9.17) is 10.5 Å². The summed E-state index contributed by atoms with van der Waals surface area (Å²) in [5.74, 6) is 0.481. The second kappa shape index (κ2) is 8.46. The first kappa shape index (κ1) is 21.0. The zero-order chi connectivity index (χ0) is 22.0. The Morgan fingerprint density at radius 1 is 1.10 bits per heavy atom. The largest absolute Gasteiger partial charge is 0.416 e. The summed E-state index contributed by atoms with van der Waals surface area (Å²) in [6, 6.07) is 12.7. The molecule has 1 unspecified atom stereocenters. The molecule has 2 aliphatic rings. The van der Waals surface area contributed by atoms with E-state index in [-0.39, 0.29) is 5.96 Å². The van der Waals surface area contributed by atoms with Crippen LogP contribution >= 0.6 is 0 Å². The minimum Gasteiger partial charge on any atom is -0.378 e. The van der Waals surface area contributed by atoms with Crippen LogP contribution < -0.4 is 16.0 Å². The molecule has 0 aromatic heterocycles. The molecule has 1 saturated heterocycles. The molecule has 0 radical (unpaired) electrons. The van der Waals surface area contributed by atoms with Crippen LogP contribution in [-0.4, -0.2) is 49.4 Å². The molecule has 2 aromatic rings. The van der Waals surface area contributed by atoms with Gasteiger partial charge in [0.05, 0.1) is 18.8 Å². The van der Waals surface area contributed by atoms with Gasteiger partial charge in [-0.15, -0.1) is 0 Å². The van der Waals surface area contributed by atoms with Gasteiger partial charge in [-0.1, -0.05) is 23.8 Å². The van der Waals surface area contributed by atoms with Gasteiger partial charge in [-0.25, -0.2) is 4.99 Å². The van der Waals surface area contributed by atoms with E-state index in [1.807, 2.05) is 36.1 Å². The normalized spacial score (nSPS) is 19.7. The van der Waals surface area contributed by atoms with E-state index in [1.165, 1.54) is 6.07 Å². The first-order valence-electron chi connectivity index (χ1n) is 9.85. The lowest BCUT2D eigenvalue weighted by Gasteiger charge is -2.41. The van der Waals surface area contributed by atoms with Gasteiger partial charge in [0, 0.05) is 24.5 Å². The van der Waals surface area contributed by atoms with Gasteiger partial charge in [0.1, 0.15) is 0 Å². The molecule has 1 fully saturated rings. The van der Waals surface area contributed by atoms with Crippen LogP contribution in [0.1, 0.15) is 11.1 Å². The van der Waals surface area contributed by atoms with Crippen LogP contribution in [0.4, 0.5) is 24.5 Å². The number of hydrogen-bond donors (Lipinski definition) is 2. The number of ether oxygens (including phenoxy) is 1. The zero-order valence-electron chi connectivity index (χ0n) is 16.9. The Bertz CT molecular complexity index is 983. The number of anilines is 2. The van der Waals surface area contributed by atoms with Crippen LogP contribution in [0.15, 0.2) is 58.5 Å². The molecule has 2 aliphatic heterocycles. The van der Waals surface area contributed by atoms with E-state index in [9.17, 15) is 13.2 Å². The van der Waals surface area contributed by atoms with Crippen molar-refractivity contribution in [3.05, 3.63) is 59.7 Å². The van der Waals surface area contributed by atoms with Crippen molar-refractivity contribution in [2.75, 3.05) is 36.5 Å². The summed E-state index contributed by atoms with van der Waals surface area (Å²) < 4.78 is 45.6. The van der Waals surface area contributed by atoms with Crippen molar-refractivity contribution in [1.82, 2.24) is 4.90 Å². The van der Waals surface area contributed by atoms with Gasteiger partial charge in [0.15, 0.2) is 0 Å². The predicted molar refractivity (Wildman–Crippen MR) is 114 cm³/mol. The highest BCUT2D eigenvalue weighted by Crippen LogP contribution is 2.33. The second-order valence-electron chi connectivity index (χ2n) is 7.30. The quantitative estimate of drug-likeness (QED) is 0.779. The number of rotatable bonds is 3. The summed E-state index contributed by atoms with van der Waals surface area (Å²) >= 11 is 0. The minimum absolute atomic E-state index is 0.0503. The Morgan fingerprint density at radius 2 is 1.81 bits per heavy atom. The highest BCUT2D eigenvalue weighted by atomic mass is 19.4. The molecule has 0 spiro atoms. The summed E-state index contributed by atoms with van der Waals surface area (Å²) in [5.41, 5.74) is 7.40. The Balaban J connectivity index is 1.75. The summed E-state index contributed by atoms with van der Waals surface area (Å²) in [5, 5.41) is 3.25. The zero-order valence-corrected chi connectivity index (χ0v) is 16.9. The number of halogens is 3. The lowest BCUT2D eigenvalue weighted by Crippen LogP contribution is -2.57. The van der Waals surface area contributed by atoms with Crippen LogP contribution in [0, 0.1) is 6.92 Å². The molecule has 3 N–H and O–H groups in total. The number of aliphatic imine (C=N–C) groups is 2. The number of hydrogen-bond acceptors (Lipinski definition) is 7. The van der Waals surface area contributed by atoms with E-state index in [2.05, 4.69) is 15.3 Å². The maximum Gasteiger partial charge on any atom is 0.416 e. The smallest absolute Gasteiger partial charge is 0.378 e. The summed E-state index contributed by atoms with van der Waals surface area (Å²) in [7, 11) is 0. The van der Waals surface area contributed by atoms with Gasteiger partial charge in [-0.3, -0.25) is 4.90 Å². The van der Waals surface area contributed by atoms with Gasteiger partial charge >= 0.3 is 6.18 Å². The van der Waals surface area contributed by atoms with Crippen LogP contribution in [0.3, 0.4) is 0 Å². The highest BCUT2D eigenvalue weighted by molar-refractivity contribution is 6.06. The molecule has 2 heterocycles. The SMILES string of the molecule is Cc1ccc(NC2N=C(N)N=C(N3CCOCC3)N2c2cccc(C(F)(F)F)c2)cc1. The summed E-state index contributed by atoms with van der Waals surface area (Å²) in [6.45, 7) is 4.03. The lowest BCUT2D eigenvalue weighted by molar-refractivity contribution is -0.137. The highest BCUT2D eigenvalue weighted by Gasteiger charge is 2.35. The number of aryl methyl sites for hydroxylation is 1. The van der Waals surface area contributed by atoms with Crippen LogP contribution in [0.25, 0.3) is 0 Å². The molecule has 0 aliphatic carbocycles. The predicted octanol–water partition coefficient (Wildman–Crippen LogP) is 3.23. The van der Waals surface area contributed by atoms with E-state index >= 15 is 0 Å². The monoisotopic (exact) mass is 432 g/mol. The van der Waals surface area contributed by atoms with Crippen molar-refractivity contribution in [3.63, 3.8) is 0 Å². The van der Waals surface area contributed by atoms with Gasteiger partial charge in [-0.05, 0) is 37.3 Å². The number of nitrogens with zero attached hydrogens (tertiary/aromatic N) is 4. The second-order valence-corrected chi connectivity index (χ2v) is 7.30. The minimum atomic E-state index is -4.47. The number of morpholine rings is 1. The van der Waals surface area contributed by atoms with Crippen molar-refractivity contribution in [2.45, 2.75) is 19.4 Å². The van der Waals surface area contributed by atoms with Gasteiger partial charge in [0.25, 0.3) is 0 Å². The number of benzene rings is 2. The fraction of sp³-hybridized carbons (Fsp3) is 0.333. The maximum atomic E-state index is 13.4. The average Bonchev–Trinajstić information content (AvgIpc) is 2.75. The molecule has 7 nitrogen and oxygen atoms in total. The Kier molecular flexibility index (Phi) is 5.73. The standard InChI is InChI=1S/C21H23F3N6O/c1-14-5-7-16(8-6-14)26-19-27-18(25)28-20(29-9-11-31-12-10-29)30(19)17-4-2-3-15(13-17)21(22,23)24/h2-8,13,19,26H,9-12H2,1H3,(H2,25,27). The third-order valence-corrected chi connectivity index (χ3v) is 5.02. The summed E-state index contributed by atoms with van der Waals surface area (Å²) in [6.07, 6.45) is -5.24. The number of nitrogens with one attached hydrogen (secondary N) is 1. The Morgan fingerprint density at radius 3 is 2.48 bits per heavy atom. The first-order chi connectivity index (χ1) is 14.8. The molecule has 4 rings (SSSR count). The molecule has 0 amide bonds. The fourth-order valence-electron chi connectivity index (χ4n) is 3.45. The fourth-order valence-corrected chi connectivity index (χ4v) is 3.45. The van der Waals surface area contributed by atoms with Crippen molar-refractivity contribution >= 4 is 23.3 Å². The van der Waals surface area contributed by atoms with E-state index < -0.39 is 18.0 Å². The number of guanidine groups is 2. The third-order valence-electron chi connectivity index (χ3n) is 5.02. The topological polar surface area (TPSA) is 78.5 Å². The number of nitrogens with two attached hydrogens (primary N) is 1. The van der Waals surface area contributed by atoms with Crippen LogP contribution in [0.2, 0.25) is 0 Å². The van der Waals surface area contributed by atoms with Crippen molar-refractivity contribution in [2.24, 2.45) is 15.7 Å². The summed E-state index contributed by atoms with van der Waals surface area (Å²) in [4.78, 5) is 12.3. The maximum absolute atomic E-state index is 13.4. The molecule has 10 heteroatoms. The molecule has 2 aromatic carbocycles. The van der Waals surface area contributed by atoms with Crippen LogP contribution in [0.5, 0.6) is 0 Å². The van der Waals surface area contributed by atoms with Crippen molar-refractivity contribution < 1.29 is 17.9 Å². The molecule has 164 valence electrons. The first-order valence-corrected chi connectivity index (χ1v) is 9.85. The average molecular weight is 432 g/mol. The van der Waals surface area contributed by atoms with Gasteiger partial charge in [0.2, 0.25) is 18.2 Å². The van der Waals surface area contributed by atoms with E-state index in [1.54, 1.807) is 11.0 Å². The Labute approximate surface area is 178 Å². The van der Waals surface area contributed by atoms with Crippen molar-refractivity contribution in [1.29, 1.82) is 0 Å². The number of alkyl halides is 3.